The monoisotopic (exact) mass is 497 g/mol. The molecule has 1 amide bonds. The van der Waals surface area contributed by atoms with Crippen LogP contribution in [0.4, 0.5) is 0 Å². The summed E-state index contributed by atoms with van der Waals surface area (Å²) in [6.45, 7) is 0.178. The van der Waals surface area contributed by atoms with Gasteiger partial charge in [-0.1, -0.05) is 18.2 Å². The number of aromatic nitrogens is 2. The van der Waals surface area contributed by atoms with E-state index in [1.807, 2.05) is 34.9 Å². The van der Waals surface area contributed by atoms with E-state index in [0.29, 0.717) is 17.0 Å². The number of aromatic hydroxyl groups is 4. The van der Waals surface area contributed by atoms with Gasteiger partial charge in [-0.2, -0.15) is 0 Å². The Morgan fingerprint density at radius 1 is 0.946 bits per heavy atom. The Morgan fingerprint density at radius 2 is 1.70 bits per heavy atom. The quantitative estimate of drug-likeness (QED) is 0.174. The van der Waals surface area contributed by atoms with Crippen molar-refractivity contribution in [1.82, 2.24) is 14.9 Å². The molecule has 0 saturated heterocycles. The van der Waals surface area contributed by atoms with Gasteiger partial charge in [-0.15, -0.1) is 0 Å². The van der Waals surface area contributed by atoms with E-state index in [2.05, 4.69) is 10.3 Å². The fourth-order valence-corrected chi connectivity index (χ4v) is 4.22. The van der Waals surface area contributed by atoms with Crippen molar-refractivity contribution in [2.24, 2.45) is 0 Å². The smallest absolute Gasteiger partial charge is 0.244 e. The van der Waals surface area contributed by atoms with E-state index >= 15 is 0 Å². The molecule has 0 spiro atoms. The predicted molar refractivity (Wildman–Crippen MR) is 139 cm³/mol. The lowest BCUT2D eigenvalue weighted by atomic mass is 10.1. The van der Waals surface area contributed by atoms with Crippen LogP contribution in [0.3, 0.4) is 0 Å². The topological polar surface area (TPSA) is 137 Å². The van der Waals surface area contributed by atoms with Crippen LogP contribution < -0.4 is 10.1 Å². The molecule has 0 unspecified atom stereocenters. The zero-order valence-electron chi connectivity index (χ0n) is 19.7. The minimum Gasteiger partial charge on any atom is -0.504 e. The van der Waals surface area contributed by atoms with Crippen molar-refractivity contribution in [1.29, 1.82) is 0 Å². The van der Waals surface area contributed by atoms with Crippen molar-refractivity contribution in [3.05, 3.63) is 84.2 Å². The number of rotatable bonds is 6. The number of benzene rings is 3. The Bertz CT molecular complexity index is 1670. The zero-order chi connectivity index (χ0) is 26.1. The summed E-state index contributed by atoms with van der Waals surface area (Å²) in [6, 6.07) is 17.4. The molecule has 0 fully saturated rings. The van der Waals surface area contributed by atoms with E-state index in [0.717, 1.165) is 27.5 Å². The first-order valence-electron chi connectivity index (χ1n) is 11.3. The first-order chi connectivity index (χ1) is 17.9. The summed E-state index contributed by atoms with van der Waals surface area (Å²) >= 11 is 0. The third-order valence-corrected chi connectivity index (χ3v) is 6.00. The molecule has 5 N–H and O–H groups in total. The maximum atomic E-state index is 12.3. The number of nitrogens with zero attached hydrogens (tertiary/aromatic N) is 2. The second-order valence-corrected chi connectivity index (χ2v) is 8.36. The van der Waals surface area contributed by atoms with E-state index in [4.69, 9.17) is 4.74 Å². The lowest BCUT2D eigenvalue weighted by Crippen LogP contribution is -2.20. The number of nitrogens with one attached hydrogen (secondary N) is 1. The summed E-state index contributed by atoms with van der Waals surface area (Å²) in [4.78, 5) is 16.9. The number of carbonyl (C=O) groups is 1. The van der Waals surface area contributed by atoms with Crippen LogP contribution in [-0.4, -0.2) is 43.0 Å². The number of ether oxygens (including phenoxy) is 1. The van der Waals surface area contributed by atoms with Crippen molar-refractivity contribution in [2.75, 3.05) is 7.11 Å². The Balaban J connectivity index is 1.42. The van der Waals surface area contributed by atoms with Crippen LogP contribution >= 0.6 is 0 Å². The molecule has 0 aliphatic heterocycles. The Hall–Kier alpha value is -5.18. The first-order valence-corrected chi connectivity index (χ1v) is 11.3. The molecular formula is C28H23N3O6. The van der Waals surface area contributed by atoms with Crippen molar-refractivity contribution in [3.63, 3.8) is 0 Å². The third-order valence-electron chi connectivity index (χ3n) is 6.00. The number of carbonyl (C=O) groups excluding carboxylic acids is 1. The molecule has 0 aliphatic rings. The number of phenols is 4. The highest BCUT2D eigenvalue weighted by Crippen LogP contribution is 2.36. The largest absolute Gasteiger partial charge is 0.504 e. The molecule has 0 aliphatic carbocycles. The molecule has 2 aromatic heterocycles. The Labute approximate surface area is 211 Å². The predicted octanol–water partition coefficient (Wildman–Crippen LogP) is 4.34. The lowest BCUT2D eigenvalue weighted by Gasteiger charge is -2.10. The average Bonchev–Trinajstić information content (AvgIpc) is 3.23. The SMILES string of the molecule is COc1cc(-n2c3ccccc3c3cc(CNC(=O)/C=C/c4cc(O)c(O)c(O)c4)ncc32)ccc1O. The van der Waals surface area contributed by atoms with Gasteiger partial charge in [0, 0.05) is 22.9 Å². The van der Waals surface area contributed by atoms with Gasteiger partial charge in [-0.3, -0.25) is 9.78 Å². The number of hydrogen-bond acceptors (Lipinski definition) is 7. The van der Waals surface area contributed by atoms with Gasteiger partial charge in [-0.25, -0.2) is 0 Å². The summed E-state index contributed by atoms with van der Waals surface area (Å²) in [7, 11) is 1.50. The van der Waals surface area contributed by atoms with Crippen molar-refractivity contribution < 1.29 is 30.0 Å². The average molecular weight is 498 g/mol. The lowest BCUT2D eigenvalue weighted by molar-refractivity contribution is -0.116. The van der Waals surface area contributed by atoms with Crippen LogP contribution in [0, 0.1) is 0 Å². The summed E-state index contributed by atoms with van der Waals surface area (Å²) in [5.74, 6) is -1.57. The van der Waals surface area contributed by atoms with Gasteiger partial charge in [0.15, 0.2) is 28.7 Å². The molecule has 0 atom stereocenters. The van der Waals surface area contributed by atoms with Gasteiger partial charge in [0.2, 0.25) is 5.91 Å². The van der Waals surface area contributed by atoms with E-state index in [-0.39, 0.29) is 12.3 Å². The number of hydrogen-bond donors (Lipinski definition) is 5. The normalized spacial score (nSPS) is 11.4. The van der Waals surface area contributed by atoms with Crippen LogP contribution in [0.5, 0.6) is 28.7 Å². The molecule has 3 aromatic carbocycles. The van der Waals surface area contributed by atoms with Crippen molar-refractivity contribution in [2.45, 2.75) is 6.54 Å². The molecule has 5 rings (SSSR count). The molecule has 186 valence electrons. The van der Waals surface area contributed by atoms with Crippen LogP contribution in [-0.2, 0) is 11.3 Å². The standard InChI is InChI=1S/C28H23N3O6/c1-37-26-13-18(7-8-23(26)32)31-21-5-3-2-4-19(21)20-12-17(29-15-22(20)31)14-30-27(35)9-6-16-10-24(33)28(36)25(34)11-16/h2-13,15,32-34,36H,14H2,1H3,(H,30,35)/b9-6+. The minimum atomic E-state index is -0.617. The number of para-hydroxylation sites is 1. The van der Waals surface area contributed by atoms with Gasteiger partial charge in [-0.05, 0) is 48.0 Å². The van der Waals surface area contributed by atoms with Crippen LogP contribution in [0.1, 0.15) is 11.3 Å². The van der Waals surface area contributed by atoms with Crippen molar-refractivity contribution in [3.8, 4) is 34.4 Å². The summed E-state index contributed by atoms with van der Waals surface area (Å²) in [5.41, 5.74) is 3.62. The molecule has 9 nitrogen and oxygen atoms in total. The summed E-state index contributed by atoms with van der Waals surface area (Å²) in [6.07, 6.45) is 4.41. The number of phenolic OH excluding ortho intramolecular Hbond substituents is 4. The first kappa shape index (κ1) is 23.6. The second kappa shape index (κ2) is 9.46. The highest BCUT2D eigenvalue weighted by molar-refractivity contribution is 6.09. The van der Waals surface area contributed by atoms with Crippen LogP contribution in [0.15, 0.2) is 72.9 Å². The van der Waals surface area contributed by atoms with Gasteiger partial charge in [0.1, 0.15) is 0 Å². The highest BCUT2D eigenvalue weighted by Gasteiger charge is 2.15. The van der Waals surface area contributed by atoms with E-state index < -0.39 is 23.2 Å². The highest BCUT2D eigenvalue weighted by atomic mass is 16.5. The molecule has 9 heteroatoms. The fourth-order valence-electron chi connectivity index (χ4n) is 4.22. The van der Waals surface area contributed by atoms with Crippen molar-refractivity contribution >= 4 is 33.8 Å². The van der Waals surface area contributed by atoms with Gasteiger partial charge < -0.3 is 35.0 Å². The summed E-state index contributed by atoms with van der Waals surface area (Å²) < 4.78 is 7.32. The number of fused-ring (bicyclic) bond motifs is 3. The molecule has 37 heavy (non-hydrogen) atoms. The van der Waals surface area contributed by atoms with Crippen LogP contribution in [0.25, 0.3) is 33.6 Å². The number of methoxy groups -OCH3 is 1. The van der Waals surface area contributed by atoms with Gasteiger partial charge in [0.05, 0.1) is 42.3 Å². The number of amides is 1. The molecule has 0 bridgehead atoms. The molecule has 5 aromatic rings. The zero-order valence-corrected chi connectivity index (χ0v) is 19.7. The maximum absolute atomic E-state index is 12.3. The van der Waals surface area contributed by atoms with Gasteiger partial charge in [0.25, 0.3) is 0 Å². The van der Waals surface area contributed by atoms with E-state index in [1.54, 1.807) is 24.4 Å². The Morgan fingerprint density at radius 3 is 2.46 bits per heavy atom. The molecule has 0 saturated carbocycles. The van der Waals surface area contributed by atoms with E-state index in [9.17, 15) is 25.2 Å². The molecular weight excluding hydrogens is 474 g/mol. The van der Waals surface area contributed by atoms with Gasteiger partial charge >= 0.3 is 0 Å². The molecule has 2 heterocycles. The second-order valence-electron chi connectivity index (χ2n) is 8.36. The minimum absolute atomic E-state index is 0.0521. The van der Waals surface area contributed by atoms with E-state index in [1.165, 1.54) is 31.4 Å². The Kier molecular flexibility index (Phi) is 6.02. The number of pyridine rings is 1. The summed E-state index contributed by atoms with van der Waals surface area (Å²) in [5, 5.41) is 43.4. The van der Waals surface area contributed by atoms with Crippen LogP contribution in [0.2, 0.25) is 0 Å². The third kappa shape index (κ3) is 4.45. The molecule has 0 radical (unpaired) electrons. The maximum Gasteiger partial charge on any atom is 0.244 e. The fraction of sp³-hybridized carbons (Fsp3) is 0.0714.